The van der Waals surface area contributed by atoms with Crippen LogP contribution in [0.2, 0.25) is 5.02 Å². The summed E-state index contributed by atoms with van der Waals surface area (Å²) in [5, 5.41) is 3.52. The summed E-state index contributed by atoms with van der Waals surface area (Å²) < 4.78 is 5.54. The second kappa shape index (κ2) is 7.66. The highest BCUT2D eigenvalue weighted by molar-refractivity contribution is 6.30. The number of hydrogen-bond donors (Lipinski definition) is 1. The Kier molecular flexibility index (Phi) is 5.09. The van der Waals surface area contributed by atoms with Crippen molar-refractivity contribution in [3.63, 3.8) is 0 Å². The Morgan fingerprint density at radius 2 is 2.11 bits per heavy atom. The maximum atomic E-state index is 12.9. The molecule has 2 atom stereocenters. The van der Waals surface area contributed by atoms with Gasteiger partial charge in [0.05, 0.1) is 29.8 Å². The Bertz CT molecular complexity index is 850. The van der Waals surface area contributed by atoms with Gasteiger partial charge in [-0.15, -0.1) is 0 Å². The number of ether oxygens (including phenoxy) is 1. The van der Waals surface area contributed by atoms with Crippen molar-refractivity contribution in [1.82, 2.24) is 10.3 Å². The van der Waals surface area contributed by atoms with Crippen LogP contribution in [0.4, 0.5) is 5.69 Å². The van der Waals surface area contributed by atoms with Crippen LogP contribution in [0.3, 0.4) is 0 Å². The van der Waals surface area contributed by atoms with Gasteiger partial charge in [0.25, 0.3) is 5.91 Å². The summed E-state index contributed by atoms with van der Waals surface area (Å²) in [5.74, 6) is -0.280. The van der Waals surface area contributed by atoms with Crippen molar-refractivity contribution in [3.8, 4) is 0 Å². The van der Waals surface area contributed by atoms with Crippen molar-refractivity contribution in [3.05, 3.63) is 58.9 Å². The molecule has 27 heavy (non-hydrogen) atoms. The molecule has 1 N–H and O–H groups in total. The number of benzene rings is 1. The zero-order valence-electron chi connectivity index (χ0n) is 14.7. The van der Waals surface area contributed by atoms with E-state index in [1.165, 1.54) is 0 Å². The molecule has 0 saturated carbocycles. The van der Waals surface area contributed by atoms with Crippen LogP contribution >= 0.6 is 11.6 Å². The van der Waals surface area contributed by atoms with Crippen molar-refractivity contribution < 1.29 is 14.3 Å². The van der Waals surface area contributed by atoms with Gasteiger partial charge in [0, 0.05) is 30.1 Å². The number of anilines is 1. The monoisotopic (exact) mass is 385 g/mol. The van der Waals surface area contributed by atoms with E-state index in [0.717, 1.165) is 19.4 Å². The van der Waals surface area contributed by atoms with E-state index in [-0.39, 0.29) is 24.3 Å². The number of aromatic nitrogens is 1. The first-order valence-corrected chi connectivity index (χ1v) is 9.43. The number of hydrogen-bond acceptors (Lipinski definition) is 4. The van der Waals surface area contributed by atoms with Crippen LogP contribution in [-0.4, -0.2) is 36.1 Å². The molecule has 1 fully saturated rings. The maximum Gasteiger partial charge on any atom is 0.260 e. The fraction of sp³-hybridized carbons (Fsp3) is 0.350. The molecule has 7 heteroatoms. The maximum absolute atomic E-state index is 12.9. The molecule has 0 bridgehead atoms. The van der Waals surface area contributed by atoms with Crippen LogP contribution in [-0.2, 0) is 9.53 Å². The molecule has 3 heterocycles. The summed E-state index contributed by atoms with van der Waals surface area (Å²) in [6.45, 7) is 1.24. The van der Waals surface area contributed by atoms with Gasteiger partial charge < -0.3 is 10.1 Å². The first kappa shape index (κ1) is 17.9. The van der Waals surface area contributed by atoms with E-state index >= 15 is 0 Å². The molecule has 2 aliphatic heterocycles. The van der Waals surface area contributed by atoms with Gasteiger partial charge >= 0.3 is 0 Å². The lowest BCUT2D eigenvalue weighted by Gasteiger charge is -2.25. The topological polar surface area (TPSA) is 71.5 Å². The molecule has 2 aromatic rings. The number of rotatable bonds is 5. The highest BCUT2D eigenvalue weighted by atomic mass is 35.5. The van der Waals surface area contributed by atoms with Gasteiger partial charge in [0.2, 0.25) is 5.91 Å². The van der Waals surface area contributed by atoms with E-state index < -0.39 is 6.04 Å². The first-order chi connectivity index (χ1) is 13.1. The number of halogens is 1. The predicted molar refractivity (Wildman–Crippen MR) is 102 cm³/mol. The minimum atomic E-state index is -0.445. The van der Waals surface area contributed by atoms with Gasteiger partial charge in [0.1, 0.15) is 0 Å². The number of amides is 2. The van der Waals surface area contributed by atoms with Crippen LogP contribution in [0, 0.1) is 0 Å². The SMILES string of the molecule is O=C(C[C@H]1c2ncccc2C(=O)N1c1ccc(Cl)cc1)NC[C@@H]1CCCO1. The van der Waals surface area contributed by atoms with E-state index in [2.05, 4.69) is 10.3 Å². The Balaban J connectivity index is 1.55. The largest absolute Gasteiger partial charge is 0.376 e. The number of nitrogens with zero attached hydrogens (tertiary/aromatic N) is 2. The lowest BCUT2D eigenvalue weighted by molar-refractivity contribution is -0.121. The Morgan fingerprint density at radius 1 is 1.30 bits per heavy atom. The van der Waals surface area contributed by atoms with Gasteiger partial charge in [-0.3, -0.25) is 19.5 Å². The molecule has 2 aliphatic rings. The van der Waals surface area contributed by atoms with E-state index in [9.17, 15) is 9.59 Å². The number of pyridine rings is 1. The Hall–Kier alpha value is -2.44. The second-order valence-electron chi connectivity index (χ2n) is 6.75. The first-order valence-electron chi connectivity index (χ1n) is 9.06. The Morgan fingerprint density at radius 3 is 2.85 bits per heavy atom. The molecule has 0 spiro atoms. The van der Waals surface area contributed by atoms with Gasteiger partial charge in [-0.25, -0.2) is 0 Å². The second-order valence-corrected chi connectivity index (χ2v) is 7.18. The van der Waals surface area contributed by atoms with Crippen molar-refractivity contribution in [2.24, 2.45) is 0 Å². The molecule has 140 valence electrons. The summed E-state index contributed by atoms with van der Waals surface area (Å²) in [7, 11) is 0. The van der Waals surface area contributed by atoms with Crippen molar-refractivity contribution in [2.45, 2.75) is 31.4 Å². The van der Waals surface area contributed by atoms with Crippen LogP contribution < -0.4 is 10.2 Å². The van der Waals surface area contributed by atoms with Crippen molar-refractivity contribution >= 4 is 29.1 Å². The van der Waals surface area contributed by atoms with Crippen LogP contribution in [0.15, 0.2) is 42.6 Å². The lowest BCUT2D eigenvalue weighted by Crippen LogP contribution is -2.36. The smallest absolute Gasteiger partial charge is 0.260 e. The zero-order chi connectivity index (χ0) is 18.8. The van der Waals surface area contributed by atoms with Crippen molar-refractivity contribution in [2.75, 3.05) is 18.1 Å². The number of carbonyl (C=O) groups excluding carboxylic acids is 2. The third kappa shape index (κ3) is 3.68. The average Bonchev–Trinajstić information content (AvgIpc) is 3.29. The average molecular weight is 386 g/mol. The highest BCUT2D eigenvalue weighted by Crippen LogP contribution is 2.38. The Labute approximate surface area is 162 Å². The number of fused-ring (bicyclic) bond motifs is 1. The van der Waals surface area contributed by atoms with Crippen LogP contribution in [0.1, 0.15) is 41.4 Å². The fourth-order valence-corrected chi connectivity index (χ4v) is 3.75. The van der Waals surface area contributed by atoms with Gasteiger partial charge in [0.15, 0.2) is 0 Å². The summed E-state index contributed by atoms with van der Waals surface area (Å²) in [6, 6.07) is 10.1. The standard InChI is InChI=1S/C20H20ClN3O3/c21-13-5-7-14(8-6-13)24-17(19-16(20(24)26)4-1-9-22-19)11-18(25)23-12-15-3-2-10-27-15/h1,4-9,15,17H,2-3,10-12H2,(H,23,25)/t15-,17-/m0/s1. The molecule has 6 nitrogen and oxygen atoms in total. The van der Waals surface area contributed by atoms with Gasteiger partial charge in [-0.1, -0.05) is 11.6 Å². The van der Waals surface area contributed by atoms with E-state index in [1.54, 1.807) is 47.5 Å². The summed E-state index contributed by atoms with van der Waals surface area (Å²) >= 11 is 5.98. The highest BCUT2D eigenvalue weighted by Gasteiger charge is 2.39. The van der Waals surface area contributed by atoms with E-state index in [1.807, 2.05) is 0 Å². The predicted octanol–water partition coefficient (Wildman–Crippen LogP) is 3.12. The molecule has 1 aromatic heterocycles. The van der Waals surface area contributed by atoms with E-state index in [0.29, 0.717) is 28.5 Å². The third-order valence-electron chi connectivity index (χ3n) is 4.95. The van der Waals surface area contributed by atoms with Gasteiger partial charge in [-0.2, -0.15) is 0 Å². The van der Waals surface area contributed by atoms with Crippen LogP contribution in [0.5, 0.6) is 0 Å². The summed E-state index contributed by atoms with van der Waals surface area (Å²) in [6.07, 6.45) is 3.86. The molecule has 2 amide bonds. The fourth-order valence-electron chi connectivity index (χ4n) is 3.63. The molecule has 0 unspecified atom stereocenters. The molecular weight excluding hydrogens is 366 g/mol. The van der Waals surface area contributed by atoms with E-state index in [4.69, 9.17) is 16.3 Å². The minimum Gasteiger partial charge on any atom is -0.376 e. The molecule has 0 radical (unpaired) electrons. The van der Waals surface area contributed by atoms with Crippen LogP contribution in [0.25, 0.3) is 0 Å². The van der Waals surface area contributed by atoms with Gasteiger partial charge in [-0.05, 0) is 49.2 Å². The number of carbonyl (C=O) groups is 2. The molecule has 1 aromatic carbocycles. The number of nitrogens with one attached hydrogen (secondary N) is 1. The lowest BCUT2D eigenvalue weighted by atomic mass is 10.1. The third-order valence-corrected chi connectivity index (χ3v) is 5.20. The van der Waals surface area contributed by atoms with Crippen molar-refractivity contribution in [1.29, 1.82) is 0 Å². The molecule has 0 aliphatic carbocycles. The quantitative estimate of drug-likeness (QED) is 0.858. The minimum absolute atomic E-state index is 0.0805. The normalized spacial score (nSPS) is 21.4. The summed E-state index contributed by atoms with van der Waals surface area (Å²) in [5.41, 5.74) is 1.86. The molecule has 1 saturated heterocycles. The molecule has 4 rings (SSSR count). The summed E-state index contributed by atoms with van der Waals surface area (Å²) in [4.78, 5) is 31.5. The molecular formula is C20H20ClN3O3. The zero-order valence-corrected chi connectivity index (χ0v) is 15.5.